The minimum absolute atomic E-state index is 0.131. The fraction of sp³-hybridized carbons (Fsp3) is 0.312. The molecule has 0 aliphatic heterocycles. The van der Waals surface area contributed by atoms with Crippen LogP contribution in [-0.2, 0) is 16.1 Å². The lowest BCUT2D eigenvalue weighted by Gasteiger charge is -2.21. The molecule has 0 unspecified atom stereocenters. The van der Waals surface area contributed by atoms with Crippen LogP contribution in [0.4, 0.5) is 0 Å². The largest absolute Gasteiger partial charge is 0.466 e. The van der Waals surface area contributed by atoms with Crippen molar-refractivity contribution < 1.29 is 18.7 Å². The van der Waals surface area contributed by atoms with Crippen LogP contribution in [0.3, 0.4) is 0 Å². The topological polar surface area (TPSA) is 72.6 Å². The Morgan fingerprint density at radius 3 is 2.61 bits per heavy atom. The summed E-state index contributed by atoms with van der Waals surface area (Å²) < 4.78 is 10.7. The molecule has 0 spiro atoms. The fourth-order valence-electron chi connectivity index (χ4n) is 2.01. The maximum atomic E-state index is 12.6. The summed E-state index contributed by atoms with van der Waals surface area (Å²) in [5.41, 5.74) is 0.919. The van der Waals surface area contributed by atoms with E-state index in [0.29, 0.717) is 17.8 Å². The van der Waals surface area contributed by atoms with Crippen molar-refractivity contribution in [2.24, 2.45) is 0 Å². The van der Waals surface area contributed by atoms with Crippen molar-refractivity contribution in [1.82, 2.24) is 9.88 Å². The average molecular weight is 381 g/mol. The van der Waals surface area contributed by atoms with Gasteiger partial charge in [-0.3, -0.25) is 14.6 Å². The molecule has 23 heavy (non-hydrogen) atoms. The number of rotatable bonds is 7. The van der Waals surface area contributed by atoms with Gasteiger partial charge in [0.25, 0.3) is 5.91 Å². The molecule has 7 heteroatoms. The molecular weight excluding hydrogens is 364 g/mol. The Bertz CT molecular complexity index is 657. The first kappa shape index (κ1) is 17.2. The Labute approximate surface area is 142 Å². The number of ether oxygens (including phenoxy) is 1. The summed E-state index contributed by atoms with van der Waals surface area (Å²) in [7, 11) is 0. The summed E-state index contributed by atoms with van der Waals surface area (Å²) in [5, 5.41) is 0. The lowest BCUT2D eigenvalue weighted by Crippen LogP contribution is -2.32. The van der Waals surface area contributed by atoms with E-state index in [-0.39, 0.29) is 30.6 Å². The molecule has 0 atom stereocenters. The number of hydrogen-bond donors (Lipinski definition) is 0. The highest BCUT2D eigenvalue weighted by Crippen LogP contribution is 2.17. The molecule has 1 amide bonds. The van der Waals surface area contributed by atoms with Crippen LogP contribution in [0.2, 0.25) is 0 Å². The SMILES string of the molecule is CCOC(=O)CCN(Cc1ccncc1)C(=O)c1ccc(Br)o1. The first-order chi connectivity index (χ1) is 11.1. The number of nitrogens with zero attached hydrogens (tertiary/aromatic N) is 2. The Morgan fingerprint density at radius 2 is 2.00 bits per heavy atom. The van der Waals surface area contributed by atoms with Gasteiger partial charge in [0.05, 0.1) is 13.0 Å². The standard InChI is InChI=1S/C16H17BrN2O4/c1-2-22-15(20)7-10-19(11-12-5-8-18-9-6-12)16(21)13-3-4-14(17)23-13/h3-6,8-9H,2,7,10-11H2,1H3. The van der Waals surface area contributed by atoms with Gasteiger partial charge in [0.2, 0.25) is 0 Å². The van der Waals surface area contributed by atoms with Gasteiger partial charge >= 0.3 is 5.97 Å². The molecule has 0 aromatic carbocycles. The van der Waals surface area contributed by atoms with Gasteiger partial charge in [-0.15, -0.1) is 0 Å². The number of amides is 1. The molecule has 0 fully saturated rings. The van der Waals surface area contributed by atoms with Crippen LogP contribution in [-0.4, -0.2) is 34.9 Å². The normalized spacial score (nSPS) is 10.3. The molecule has 2 rings (SSSR count). The van der Waals surface area contributed by atoms with E-state index in [1.165, 1.54) is 0 Å². The smallest absolute Gasteiger partial charge is 0.307 e. The minimum atomic E-state index is -0.333. The van der Waals surface area contributed by atoms with E-state index in [1.807, 2.05) is 12.1 Å². The molecule has 0 bridgehead atoms. The Hall–Kier alpha value is -2.15. The Morgan fingerprint density at radius 1 is 1.26 bits per heavy atom. The molecule has 0 aliphatic rings. The van der Waals surface area contributed by atoms with E-state index >= 15 is 0 Å². The third-order valence-corrected chi connectivity index (χ3v) is 3.51. The summed E-state index contributed by atoms with van der Waals surface area (Å²) in [4.78, 5) is 29.6. The van der Waals surface area contributed by atoms with Gasteiger partial charge in [-0.05, 0) is 52.7 Å². The number of carbonyl (C=O) groups is 2. The fourth-order valence-corrected chi connectivity index (χ4v) is 2.31. The summed E-state index contributed by atoms with van der Waals surface area (Å²) >= 11 is 3.18. The van der Waals surface area contributed by atoms with Crippen molar-refractivity contribution >= 4 is 27.8 Å². The average Bonchev–Trinajstić information content (AvgIpc) is 2.98. The van der Waals surface area contributed by atoms with Gasteiger partial charge in [-0.25, -0.2) is 0 Å². The van der Waals surface area contributed by atoms with Gasteiger partial charge < -0.3 is 14.1 Å². The monoisotopic (exact) mass is 380 g/mol. The van der Waals surface area contributed by atoms with E-state index in [1.54, 1.807) is 36.4 Å². The van der Waals surface area contributed by atoms with Crippen molar-refractivity contribution in [3.63, 3.8) is 0 Å². The van der Waals surface area contributed by atoms with Crippen molar-refractivity contribution in [3.05, 3.63) is 52.7 Å². The number of carbonyl (C=O) groups excluding carboxylic acids is 2. The zero-order valence-corrected chi connectivity index (χ0v) is 14.3. The molecule has 0 saturated carbocycles. The first-order valence-corrected chi connectivity index (χ1v) is 7.98. The maximum Gasteiger partial charge on any atom is 0.307 e. The molecule has 0 aliphatic carbocycles. The van der Waals surface area contributed by atoms with E-state index in [2.05, 4.69) is 20.9 Å². The molecule has 0 N–H and O–H groups in total. The second-order valence-corrected chi connectivity index (χ2v) is 5.52. The van der Waals surface area contributed by atoms with Crippen molar-refractivity contribution in [2.45, 2.75) is 19.9 Å². The van der Waals surface area contributed by atoms with Gasteiger partial charge in [-0.1, -0.05) is 0 Å². The van der Waals surface area contributed by atoms with Gasteiger partial charge in [-0.2, -0.15) is 0 Å². The highest BCUT2D eigenvalue weighted by atomic mass is 79.9. The zero-order valence-electron chi connectivity index (χ0n) is 12.7. The van der Waals surface area contributed by atoms with E-state index in [4.69, 9.17) is 9.15 Å². The predicted octanol–water partition coefficient (Wildman–Crippen LogP) is 3.03. The summed E-state index contributed by atoms with van der Waals surface area (Å²) in [6, 6.07) is 6.89. The number of furan rings is 1. The predicted molar refractivity (Wildman–Crippen MR) is 86.6 cm³/mol. The maximum absolute atomic E-state index is 12.6. The summed E-state index contributed by atoms with van der Waals surface area (Å²) in [6.45, 7) is 2.68. The second kappa shape index (κ2) is 8.47. The van der Waals surface area contributed by atoms with Crippen LogP contribution in [0.15, 0.2) is 45.7 Å². The van der Waals surface area contributed by atoms with Gasteiger partial charge in [0.1, 0.15) is 0 Å². The van der Waals surface area contributed by atoms with Crippen LogP contribution in [0.25, 0.3) is 0 Å². The lowest BCUT2D eigenvalue weighted by atomic mass is 10.2. The van der Waals surface area contributed by atoms with Crippen LogP contribution in [0.1, 0.15) is 29.5 Å². The van der Waals surface area contributed by atoms with Crippen LogP contribution in [0.5, 0.6) is 0 Å². The highest BCUT2D eigenvalue weighted by Gasteiger charge is 2.20. The molecule has 2 heterocycles. The van der Waals surface area contributed by atoms with Crippen LogP contribution >= 0.6 is 15.9 Å². The van der Waals surface area contributed by atoms with E-state index in [9.17, 15) is 9.59 Å². The third-order valence-electron chi connectivity index (χ3n) is 3.09. The van der Waals surface area contributed by atoms with Crippen molar-refractivity contribution in [1.29, 1.82) is 0 Å². The Balaban J connectivity index is 2.10. The van der Waals surface area contributed by atoms with Gasteiger partial charge in [0.15, 0.2) is 10.4 Å². The third kappa shape index (κ3) is 5.21. The molecular formula is C16H17BrN2O4. The number of halogens is 1. The summed E-state index contributed by atoms with van der Waals surface area (Å²) in [6.07, 6.45) is 3.45. The second-order valence-electron chi connectivity index (χ2n) is 4.74. The van der Waals surface area contributed by atoms with Gasteiger partial charge in [0, 0.05) is 25.5 Å². The number of aromatic nitrogens is 1. The number of esters is 1. The molecule has 0 radical (unpaired) electrons. The Kier molecular flexibility index (Phi) is 6.34. The number of hydrogen-bond acceptors (Lipinski definition) is 5. The zero-order chi connectivity index (χ0) is 16.7. The summed E-state index contributed by atoms with van der Waals surface area (Å²) in [5.74, 6) is -0.396. The molecule has 2 aromatic rings. The molecule has 122 valence electrons. The number of pyridine rings is 1. The first-order valence-electron chi connectivity index (χ1n) is 7.19. The molecule has 2 aromatic heterocycles. The molecule has 6 nitrogen and oxygen atoms in total. The molecule has 0 saturated heterocycles. The van der Waals surface area contributed by atoms with E-state index < -0.39 is 0 Å². The minimum Gasteiger partial charge on any atom is -0.466 e. The van der Waals surface area contributed by atoms with Crippen LogP contribution in [0, 0.1) is 0 Å². The van der Waals surface area contributed by atoms with E-state index in [0.717, 1.165) is 5.56 Å². The van der Waals surface area contributed by atoms with Crippen molar-refractivity contribution in [3.8, 4) is 0 Å². The van der Waals surface area contributed by atoms with Crippen LogP contribution < -0.4 is 0 Å². The van der Waals surface area contributed by atoms with Crippen molar-refractivity contribution in [2.75, 3.05) is 13.2 Å². The quantitative estimate of drug-likeness (QED) is 0.690. The lowest BCUT2D eigenvalue weighted by molar-refractivity contribution is -0.143. The highest BCUT2D eigenvalue weighted by molar-refractivity contribution is 9.10.